The lowest BCUT2D eigenvalue weighted by atomic mass is 10.1. The minimum atomic E-state index is -0.435. The van der Waals surface area contributed by atoms with Gasteiger partial charge in [0.05, 0.1) is 13.2 Å². The van der Waals surface area contributed by atoms with E-state index in [4.69, 9.17) is 9.52 Å². The molecule has 1 aromatic carbocycles. The number of β-amino-alcohol motifs (C(OH)–C–C–N with tert-alkyl or cyclic N) is 1. The molecule has 1 aromatic heterocycles. The minimum absolute atomic E-state index is 0.00384. The summed E-state index contributed by atoms with van der Waals surface area (Å²) in [6, 6.07) is 11.1. The second-order valence-corrected chi connectivity index (χ2v) is 5.19. The van der Waals surface area contributed by atoms with Gasteiger partial charge < -0.3 is 14.8 Å². The van der Waals surface area contributed by atoms with Crippen molar-refractivity contribution in [1.29, 1.82) is 0 Å². The largest absolute Gasteiger partial charge is 0.461 e. The first-order valence-electron chi connectivity index (χ1n) is 7.21. The third-order valence-corrected chi connectivity index (χ3v) is 3.52. The minimum Gasteiger partial charge on any atom is -0.461 e. The molecule has 6 nitrogen and oxygen atoms in total. The number of aliphatic hydroxyl groups excluding tert-OH is 1. The van der Waals surface area contributed by atoms with E-state index < -0.39 is 11.8 Å². The number of hydrogen-bond donors (Lipinski definition) is 2. The SMILES string of the molecule is Cc1ccc(-c2ccc(NC3=CC(=O)N(CCO)C3=O)cc2)o1. The van der Waals surface area contributed by atoms with Gasteiger partial charge in [0.2, 0.25) is 0 Å². The number of nitrogens with zero attached hydrogens (tertiary/aromatic N) is 1. The van der Waals surface area contributed by atoms with Crippen LogP contribution in [-0.4, -0.2) is 35.0 Å². The predicted molar refractivity (Wildman–Crippen MR) is 84.4 cm³/mol. The van der Waals surface area contributed by atoms with Crippen molar-refractivity contribution in [2.24, 2.45) is 0 Å². The molecule has 0 saturated carbocycles. The number of carbonyl (C=O) groups is 2. The summed E-state index contributed by atoms with van der Waals surface area (Å²) in [6.45, 7) is 1.62. The van der Waals surface area contributed by atoms with Crippen molar-refractivity contribution >= 4 is 17.5 Å². The first-order chi connectivity index (χ1) is 11.1. The number of furan rings is 1. The van der Waals surface area contributed by atoms with Crippen LogP contribution in [0.25, 0.3) is 11.3 Å². The molecule has 0 saturated heterocycles. The summed E-state index contributed by atoms with van der Waals surface area (Å²) in [5.41, 5.74) is 1.81. The van der Waals surface area contributed by atoms with E-state index in [1.165, 1.54) is 6.08 Å². The summed E-state index contributed by atoms with van der Waals surface area (Å²) in [4.78, 5) is 24.7. The van der Waals surface area contributed by atoms with E-state index in [1.54, 1.807) is 12.1 Å². The van der Waals surface area contributed by atoms with Crippen LogP contribution in [0.4, 0.5) is 5.69 Å². The highest BCUT2D eigenvalue weighted by molar-refractivity contribution is 6.17. The molecule has 0 radical (unpaired) electrons. The van der Waals surface area contributed by atoms with Gasteiger partial charge in [-0.05, 0) is 43.3 Å². The second kappa shape index (κ2) is 6.10. The molecule has 2 heterocycles. The Morgan fingerprint density at radius 2 is 1.87 bits per heavy atom. The summed E-state index contributed by atoms with van der Waals surface area (Å²) >= 11 is 0. The summed E-state index contributed by atoms with van der Waals surface area (Å²) < 4.78 is 5.55. The maximum atomic E-state index is 12.0. The number of benzene rings is 1. The van der Waals surface area contributed by atoms with E-state index in [1.807, 2.05) is 31.2 Å². The number of imide groups is 1. The molecule has 0 bridgehead atoms. The molecule has 23 heavy (non-hydrogen) atoms. The highest BCUT2D eigenvalue weighted by Gasteiger charge is 2.30. The summed E-state index contributed by atoms with van der Waals surface area (Å²) in [5, 5.41) is 11.8. The second-order valence-electron chi connectivity index (χ2n) is 5.19. The zero-order valence-electron chi connectivity index (χ0n) is 12.6. The molecule has 6 heteroatoms. The van der Waals surface area contributed by atoms with Crippen molar-refractivity contribution in [2.75, 3.05) is 18.5 Å². The van der Waals surface area contributed by atoms with E-state index >= 15 is 0 Å². The smallest absolute Gasteiger partial charge is 0.277 e. The van der Waals surface area contributed by atoms with Crippen LogP contribution in [0.5, 0.6) is 0 Å². The number of hydrogen-bond acceptors (Lipinski definition) is 5. The van der Waals surface area contributed by atoms with Gasteiger partial charge in [0.25, 0.3) is 11.8 Å². The van der Waals surface area contributed by atoms with E-state index in [0.717, 1.165) is 22.0 Å². The van der Waals surface area contributed by atoms with E-state index in [2.05, 4.69) is 5.32 Å². The van der Waals surface area contributed by atoms with Crippen LogP contribution in [-0.2, 0) is 9.59 Å². The molecule has 0 atom stereocenters. The van der Waals surface area contributed by atoms with Crippen LogP contribution < -0.4 is 5.32 Å². The number of aliphatic hydroxyl groups is 1. The van der Waals surface area contributed by atoms with Crippen molar-refractivity contribution < 1.29 is 19.1 Å². The molecular weight excluding hydrogens is 296 g/mol. The highest BCUT2D eigenvalue weighted by atomic mass is 16.3. The Labute approximate surface area is 133 Å². The van der Waals surface area contributed by atoms with Crippen molar-refractivity contribution in [3.63, 3.8) is 0 Å². The molecule has 1 aliphatic heterocycles. The third-order valence-electron chi connectivity index (χ3n) is 3.52. The summed E-state index contributed by atoms with van der Waals surface area (Å²) in [7, 11) is 0. The van der Waals surface area contributed by atoms with Crippen LogP contribution in [0.1, 0.15) is 5.76 Å². The van der Waals surface area contributed by atoms with Gasteiger partial charge in [-0.3, -0.25) is 14.5 Å². The molecule has 118 valence electrons. The zero-order valence-corrected chi connectivity index (χ0v) is 12.6. The number of anilines is 1. The Morgan fingerprint density at radius 1 is 1.13 bits per heavy atom. The fourth-order valence-corrected chi connectivity index (χ4v) is 2.37. The molecule has 0 spiro atoms. The molecular formula is C17H16N2O4. The Kier molecular flexibility index (Phi) is 3.99. The topological polar surface area (TPSA) is 82.8 Å². The van der Waals surface area contributed by atoms with Gasteiger partial charge in [-0.2, -0.15) is 0 Å². The van der Waals surface area contributed by atoms with Crippen LogP contribution in [0.2, 0.25) is 0 Å². The van der Waals surface area contributed by atoms with Crippen molar-refractivity contribution in [3.05, 3.63) is 53.9 Å². The van der Waals surface area contributed by atoms with Gasteiger partial charge in [-0.25, -0.2) is 0 Å². The van der Waals surface area contributed by atoms with Crippen LogP contribution in [0, 0.1) is 6.92 Å². The van der Waals surface area contributed by atoms with Crippen LogP contribution >= 0.6 is 0 Å². The number of carbonyl (C=O) groups excluding carboxylic acids is 2. The molecule has 2 aromatic rings. The fraction of sp³-hybridized carbons (Fsp3) is 0.176. The first kappa shape index (κ1) is 15.1. The van der Waals surface area contributed by atoms with Crippen molar-refractivity contribution in [1.82, 2.24) is 4.90 Å². The predicted octanol–water partition coefficient (Wildman–Crippen LogP) is 1.91. The third kappa shape index (κ3) is 3.02. The maximum Gasteiger partial charge on any atom is 0.277 e. The summed E-state index contributed by atoms with van der Waals surface area (Å²) in [5.74, 6) is 0.755. The lowest BCUT2D eigenvalue weighted by Crippen LogP contribution is -2.34. The van der Waals surface area contributed by atoms with Gasteiger partial charge >= 0.3 is 0 Å². The Balaban J connectivity index is 1.73. The molecule has 0 aliphatic carbocycles. The lowest BCUT2D eigenvalue weighted by Gasteiger charge is -2.13. The van der Waals surface area contributed by atoms with Gasteiger partial charge in [0.1, 0.15) is 17.2 Å². The van der Waals surface area contributed by atoms with Gasteiger partial charge in [0.15, 0.2) is 0 Å². The average Bonchev–Trinajstić information content (AvgIpc) is 3.08. The van der Waals surface area contributed by atoms with Gasteiger partial charge in [0, 0.05) is 17.3 Å². The van der Waals surface area contributed by atoms with E-state index in [9.17, 15) is 9.59 Å². The quantitative estimate of drug-likeness (QED) is 0.824. The first-order valence-corrected chi connectivity index (χ1v) is 7.21. The number of amides is 2. The Hall–Kier alpha value is -2.86. The molecule has 0 fully saturated rings. The van der Waals surface area contributed by atoms with Gasteiger partial charge in [-0.1, -0.05) is 0 Å². The lowest BCUT2D eigenvalue weighted by molar-refractivity contribution is -0.137. The standard InChI is InChI=1S/C17H16N2O4/c1-11-2-7-15(23-11)12-3-5-13(6-4-12)18-14-10-16(21)19(8-9-20)17(14)22/h2-7,10,18,20H,8-9H2,1H3. The Morgan fingerprint density at radius 3 is 2.48 bits per heavy atom. The molecule has 0 unspecified atom stereocenters. The number of aryl methyl sites for hydroxylation is 1. The molecule has 2 amide bonds. The summed E-state index contributed by atoms with van der Waals surface area (Å²) in [6.07, 6.45) is 1.24. The number of nitrogens with one attached hydrogen (secondary N) is 1. The fourth-order valence-electron chi connectivity index (χ4n) is 2.37. The molecule has 1 aliphatic rings. The monoisotopic (exact) mass is 312 g/mol. The van der Waals surface area contributed by atoms with E-state index in [0.29, 0.717) is 5.69 Å². The normalized spacial score (nSPS) is 14.3. The van der Waals surface area contributed by atoms with E-state index in [-0.39, 0.29) is 18.8 Å². The molecule has 3 rings (SSSR count). The average molecular weight is 312 g/mol. The highest BCUT2D eigenvalue weighted by Crippen LogP contribution is 2.24. The Bertz CT molecular complexity index is 774. The van der Waals surface area contributed by atoms with Crippen molar-refractivity contribution in [2.45, 2.75) is 6.92 Å². The molecule has 2 N–H and O–H groups in total. The van der Waals surface area contributed by atoms with Crippen LogP contribution in [0.3, 0.4) is 0 Å². The van der Waals surface area contributed by atoms with Gasteiger partial charge in [-0.15, -0.1) is 0 Å². The number of rotatable bonds is 5. The van der Waals surface area contributed by atoms with Crippen LogP contribution in [0.15, 0.2) is 52.6 Å². The maximum absolute atomic E-state index is 12.0. The van der Waals surface area contributed by atoms with Crippen molar-refractivity contribution in [3.8, 4) is 11.3 Å². The zero-order chi connectivity index (χ0) is 16.4.